The summed E-state index contributed by atoms with van der Waals surface area (Å²) < 4.78 is 14.7. The van der Waals surface area contributed by atoms with Crippen molar-refractivity contribution < 1.29 is 18.8 Å². The van der Waals surface area contributed by atoms with Gasteiger partial charge in [0.2, 0.25) is 5.95 Å². The van der Waals surface area contributed by atoms with Crippen LogP contribution in [0.4, 0.5) is 4.39 Å². The van der Waals surface area contributed by atoms with Gasteiger partial charge in [-0.15, -0.1) is 0 Å². The largest absolute Gasteiger partial charge is 0.347 e. The van der Waals surface area contributed by atoms with E-state index < -0.39 is 17.8 Å². The van der Waals surface area contributed by atoms with Crippen LogP contribution >= 0.6 is 0 Å². The number of rotatable bonds is 6. The number of Topliss-reactive ketones (excluding diaryl/α,β-unsaturated/α-hetero) is 1. The summed E-state index contributed by atoms with van der Waals surface area (Å²) in [5.74, 6) is -1.55. The number of amides is 2. The lowest BCUT2D eigenvalue weighted by Crippen LogP contribution is -2.30. The van der Waals surface area contributed by atoms with Crippen LogP contribution in [0.5, 0.6) is 0 Å². The summed E-state index contributed by atoms with van der Waals surface area (Å²) in [6, 6.07) is 11.1. The lowest BCUT2D eigenvalue weighted by atomic mass is 10.0. The van der Waals surface area contributed by atoms with Gasteiger partial charge in [-0.05, 0) is 54.7 Å². The zero-order valence-corrected chi connectivity index (χ0v) is 18.8. The average molecular weight is 472 g/mol. The number of ketones is 1. The number of nitrogens with zero attached hydrogens (tertiary/aromatic N) is 4. The molecule has 9 nitrogen and oxygen atoms in total. The first-order valence-electron chi connectivity index (χ1n) is 11.1. The fourth-order valence-corrected chi connectivity index (χ4v) is 4.24. The molecule has 0 spiro atoms. The molecule has 3 heterocycles. The minimum Gasteiger partial charge on any atom is -0.347 e. The second kappa shape index (κ2) is 9.05. The summed E-state index contributed by atoms with van der Waals surface area (Å²) in [6.07, 6.45) is 4.26. The molecule has 0 bridgehead atoms. The Balaban J connectivity index is 1.37. The smallest absolute Gasteiger partial charge is 0.270 e. The molecule has 0 saturated carbocycles. The minimum absolute atomic E-state index is 0.00184. The van der Waals surface area contributed by atoms with E-state index >= 15 is 0 Å². The number of halogens is 1. The lowest BCUT2D eigenvalue weighted by Gasteiger charge is -2.15. The SMILES string of the molecule is CC(=O)c1ccc2c(c1)CC[C@@H]2NC(=O)c1cc(C(=O)NCc2ccnc(F)c2)nc2ccnn12. The molecule has 176 valence electrons. The number of carbonyl (C=O) groups is 3. The standard InChI is InChI=1S/C25H21FN6O3/c1-14(33)16-2-4-18-17(11-16)3-5-19(18)31-25(35)21-12-20(30-23-7-9-29-32(21)23)24(34)28-13-15-6-8-27-22(26)10-15/h2,4,6-12,19H,3,5,13H2,1H3,(H,28,34)(H,31,35)/t19-/m0/s1. The maximum absolute atomic E-state index is 13.3. The molecule has 2 N–H and O–H groups in total. The van der Waals surface area contributed by atoms with Gasteiger partial charge in [-0.2, -0.15) is 9.49 Å². The number of hydrogen-bond donors (Lipinski definition) is 2. The van der Waals surface area contributed by atoms with Crippen molar-refractivity contribution in [2.45, 2.75) is 32.4 Å². The summed E-state index contributed by atoms with van der Waals surface area (Å²) >= 11 is 0. The molecule has 0 saturated heterocycles. The van der Waals surface area contributed by atoms with Crippen LogP contribution in [0.3, 0.4) is 0 Å². The van der Waals surface area contributed by atoms with Gasteiger partial charge in [0.05, 0.1) is 12.2 Å². The van der Waals surface area contributed by atoms with Crippen LogP contribution in [0.2, 0.25) is 0 Å². The van der Waals surface area contributed by atoms with Crippen molar-refractivity contribution in [1.29, 1.82) is 0 Å². The van der Waals surface area contributed by atoms with Crippen molar-refractivity contribution in [3.63, 3.8) is 0 Å². The highest BCUT2D eigenvalue weighted by Gasteiger charge is 2.26. The third kappa shape index (κ3) is 4.50. The Bertz CT molecular complexity index is 1480. The number of benzene rings is 1. The predicted octanol–water partition coefficient (Wildman–Crippen LogP) is 2.81. The molecule has 1 atom stereocenters. The third-order valence-corrected chi connectivity index (χ3v) is 6.00. The van der Waals surface area contributed by atoms with Gasteiger partial charge >= 0.3 is 0 Å². The van der Waals surface area contributed by atoms with Crippen LogP contribution in [-0.4, -0.2) is 37.2 Å². The van der Waals surface area contributed by atoms with E-state index in [1.54, 1.807) is 18.2 Å². The van der Waals surface area contributed by atoms with Crippen molar-refractivity contribution in [2.75, 3.05) is 0 Å². The number of fused-ring (bicyclic) bond motifs is 2. The molecule has 2 amide bonds. The molecule has 0 fully saturated rings. The van der Waals surface area contributed by atoms with Gasteiger partial charge in [-0.25, -0.2) is 14.5 Å². The Morgan fingerprint density at radius 1 is 1.09 bits per heavy atom. The van der Waals surface area contributed by atoms with E-state index in [1.165, 1.54) is 36.0 Å². The monoisotopic (exact) mass is 472 g/mol. The zero-order valence-electron chi connectivity index (χ0n) is 18.8. The molecule has 1 aliphatic rings. The molecule has 4 aromatic rings. The number of aromatic nitrogens is 4. The molecule has 1 aliphatic carbocycles. The quantitative estimate of drug-likeness (QED) is 0.329. The van der Waals surface area contributed by atoms with Crippen molar-refractivity contribution in [2.24, 2.45) is 0 Å². The molecule has 35 heavy (non-hydrogen) atoms. The van der Waals surface area contributed by atoms with Gasteiger partial charge < -0.3 is 10.6 Å². The maximum atomic E-state index is 13.3. The van der Waals surface area contributed by atoms with Gasteiger partial charge in [-0.3, -0.25) is 14.4 Å². The summed E-state index contributed by atoms with van der Waals surface area (Å²) in [5.41, 5.74) is 3.74. The fourth-order valence-electron chi connectivity index (χ4n) is 4.24. The Morgan fingerprint density at radius 3 is 2.74 bits per heavy atom. The first-order valence-corrected chi connectivity index (χ1v) is 11.1. The van der Waals surface area contributed by atoms with Gasteiger partial charge in [0, 0.05) is 30.4 Å². The second-order valence-electron chi connectivity index (χ2n) is 8.33. The Labute approximate surface area is 199 Å². The van der Waals surface area contributed by atoms with Crippen LogP contribution in [-0.2, 0) is 13.0 Å². The predicted molar refractivity (Wildman–Crippen MR) is 123 cm³/mol. The van der Waals surface area contributed by atoms with Crippen LogP contribution in [0.1, 0.15) is 67.4 Å². The maximum Gasteiger partial charge on any atom is 0.270 e. The molecule has 0 radical (unpaired) electrons. The highest BCUT2D eigenvalue weighted by Crippen LogP contribution is 2.32. The van der Waals surface area contributed by atoms with E-state index in [9.17, 15) is 18.8 Å². The highest BCUT2D eigenvalue weighted by molar-refractivity contribution is 5.98. The van der Waals surface area contributed by atoms with E-state index in [4.69, 9.17) is 0 Å². The Hall–Kier alpha value is -4.47. The molecule has 0 aliphatic heterocycles. The van der Waals surface area contributed by atoms with Crippen LogP contribution in [0.15, 0.2) is 54.9 Å². The van der Waals surface area contributed by atoms with Gasteiger partial charge in [0.1, 0.15) is 11.4 Å². The van der Waals surface area contributed by atoms with Crippen LogP contribution in [0, 0.1) is 5.95 Å². The van der Waals surface area contributed by atoms with Crippen molar-refractivity contribution in [1.82, 2.24) is 30.2 Å². The molecule has 0 unspecified atom stereocenters. The first kappa shape index (κ1) is 22.3. The van der Waals surface area contributed by atoms with Crippen molar-refractivity contribution >= 4 is 23.2 Å². The molecule has 10 heteroatoms. The number of aryl methyl sites for hydroxylation is 1. The highest BCUT2D eigenvalue weighted by atomic mass is 19.1. The van der Waals surface area contributed by atoms with Crippen molar-refractivity contribution in [3.05, 3.63) is 94.4 Å². The molecular formula is C25H21FN6O3. The summed E-state index contributed by atoms with van der Waals surface area (Å²) in [7, 11) is 0. The summed E-state index contributed by atoms with van der Waals surface area (Å²) in [4.78, 5) is 45.5. The van der Waals surface area contributed by atoms with Crippen LogP contribution < -0.4 is 10.6 Å². The second-order valence-corrected chi connectivity index (χ2v) is 8.33. The van der Waals surface area contributed by atoms with E-state index in [-0.39, 0.29) is 29.8 Å². The normalized spacial score (nSPS) is 14.5. The van der Waals surface area contributed by atoms with E-state index in [1.807, 2.05) is 12.1 Å². The zero-order chi connectivity index (χ0) is 24.5. The number of carbonyl (C=O) groups excluding carboxylic acids is 3. The number of pyridine rings is 1. The molecule has 5 rings (SSSR count). The van der Waals surface area contributed by atoms with E-state index in [0.717, 1.165) is 17.5 Å². The van der Waals surface area contributed by atoms with Gasteiger partial charge in [-0.1, -0.05) is 12.1 Å². The Kier molecular flexibility index (Phi) is 5.77. The minimum atomic E-state index is -0.638. The number of nitrogens with one attached hydrogen (secondary N) is 2. The molecular weight excluding hydrogens is 451 g/mol. The average Bonchev–Trinajstić information content (AvgIpc) is 3.48. The molecule has 3 aromatic heterocycles. The van der Waals surface area contributed by atoms with Gasteiger partial charge in [0.25, 0.3) is 11.8 Å². The number of hydrogen-bond acceptors (Lipinski definition) is 6. The van der Waals surface area contributed by atoms with Gasteiger partial charge in [0.15, 0.2) is 11.4 Å². The lowest BCUT2D eigenvalue weighted by molar-refractivity contribution is 0.0927. The fraction of sp³-hybridized carbons (Fsp3) is 0.200. The van der Waals surface area contributed by atoms with E-state index in [2.05, 4.69) is 25.7 Å². The van der Waals surface area contributed by atoms with Crippen LogP contribution in [0.25, 0.3) is 5.65 Å². The molecule has 1 aromatic carbocycles. The summed E-state index contributed by atoms with van der Waals surface area (Å²) in [6.45, 7) is 1.60. The Morgan fingerprint density at radius 2 is 1.94 bits per heavy atom. The topological polar surface area (TPSA) is 118 Å². The summed E-state index contributed by atoms with van der Waals surface area (Å²) in [5, 5.41) is 9.87. The van der Waals surface area contributed by atoms with E-state index in [0.29, 0.717) is 23.2 Å². The third-order valence-electron chi connectivity index (χ3n) is 6.00. The first-order chi connectivity index (χ1) is 16.9. The van der Waals surface area contributed by atoms with Crippen molar-refractivity contribution in [3.8, 4) is 0 Å².